The molecule has 0 radical (unpaired) electrons. The zero-order valence-corrected chi connectivity index (χ0v) is 35.2. The van der Waals surface area contributed by atoms with Gasteiger partial charge in [-0.25, -0.2) is 0 Å². The molecule has 0 aliphatic carbocycles. The van der Waals surface area contributed by atoms with Crippen molar-refractivity contribution in [2.45, 2.75) is 78.6 Å². The molecule has 7 aromatic carbocycles. The van der Waals surface area contributed by atoms with E-state index in [-0.39, 0.29) is 23.0 Å². The summed E-state index contributed by atoms with van der Waals surface area (Å²) in [6, 6.07) is 54.6. The van der Waals surface area contributed by atoms with Crippen molar-refractivity contribution in [2.24, 2.45) is 0 Å². The van der Waals surface area contributed by atoms with Crippen molar-refractivity contribution in [3.63, 3.8) is 0 Å². The fourth-order valence-corrected chi connectivity index (χ4v) is 9.31. The molecule has 3 heterocycles. The summed E-state index contributed by atoms with van der Waals surface area (Å²) in [5.74, 6) is 0. The summed E-state index contributed by atoms with van der Waals surface area (Å²) in [6.07, 6.45) is 0. The Balaban J connectivity index is 1.22. The van der Waals surface area contributed by atoms with Crippen LogP contribution in [0.2, 0.25) is 0 Å². The second-order valence-corrected chi connectivity index (χ2v) is 19.5. The first-order chi connectivity index (χ1) is 27.7. The van der Waals surface area contributed by atoms with Gasteiger partial charge in [0.25, 0.3) is 6.71 Å². The van der Waals surface area contributed by atoms with Crippen LogP contribution in [0, 0.1) is 0 Å². The van der Waals surface area contributed by atoms with Gasteiger partial charge in [-0.2, -0.15) is 0 Å². The molecule has 0 saturated carbocycles. The maximum absolute atomic E-state index is 6.56. The van der Waals surface area contributed by atoms with Crippen LogP contribution < -0.4 is 26.2 Å². The molecule has 4 heteroatoms. The van der Waals surface area contributed by atoms with E-state index in [1.54, 1.807) is 0 Å². The number of anilines is 6. The summed E-state index contributed by atoms with van der Waals surface area (Å²) in [5.41, 5.74) is 19.3. The van der Waals surface area contributed by atoms with E-state index < -0.39 is 0 Å². The van der Waals surface area contributed by atoms with Crippen LogP contribution in [0.5, 0.6) is 0 Å². The first kappa shape index (κ1) is 36.4. The van der Waals surface area contributed by atoms with Gasteiger partial charge in [-0.1, -0.05) is 153 Å². The zero-order valence-electron chi connectivity index (χ0n) is 35.2. The van der Waals surface area contributed by atoms with Crippen LogP contribution >= 0.6 is 0 Å². The molecular weight excluding hydrogens is 703 g/mol. The van der Waals surface area contributed by atoms with Gasteiger partial charge in [-0.05, 0) is 109 Å². The highest BCUT2D eigenvalue weighted by atomic mass is 16.3. The second kappa shape index (κ2) is 12.8. The Morgan fingerprint density at radius 1 is 0.431 bits per heavy atom. The van der Waals surface area contributed by atoms with Crippen molar-refractivity contribution < 1.29 is 4.42 Å². The number of para-hydroxylation sites is 2. The van der Waals surface area contributed by atoms with Gasteiger partial charge >= 0.3 is 0 Å². The van der Waals surface area contributed by atoms with Crippen LogP contribution in [0.15, 0.2) is 150 Å². The van der Waals surface area contributed by atoms with Crippen molar-refractivity contribution in [2.75, 3.05) is 9.80 Å². The Morgan fingerprint density at radius 3 is 1.59 bits per heavy atom. The molecule has 0 spiro atoms. The monoisotopic (exact) mass is 754 g/mol. The lowest BCUT2D eigenvalue weighted by molar-refractivity contribution is 0.590. The zero-order chi connectivity index (χ0) is 40.3. The van der Waals surface area contributed by atoms with Gasteiger partial charge in [0.1, 0.15) is 11.2 Å². The average molecular weight is 755 g/mol. The second-order valence-electron chi connectivity index (χ2n) is 19.5. The van der Waals surface area contributed by atoms with Crippen LogP contribution in [-0.4, -0.2) is 6.71 Å². The van der Waals surface area contributed by atoms with E-state index in [0.717, 1.165) is 38.8 Å². The Labute approximate surface area is 344 Å². The normalized spacial score (nSPS) is 13.8. The molecule has 58 heavy (non-hydrogen) atoms. The lowest BCUT2D eigenvalue weighted by atomic mass is 9.33. The molecule has 3 nitrogen and oxygen atoms in total. The maximum atomic E-state index is 6.56. The number of rotatable bonds is 3. The molecule has 2 aliphatic rings. The molecule has 8 aromatic rings. The molecule has 0 atom stereocenters. The van der Waals surface area contributed by atoms with Gasteiger partial charge in [0, 0.05) is 50.5 Å². The highest BCUT2D eigenvalue weighted by Crippen LogP contribution is 2.46. The van der Waals surface area contributed by atoms with Crippen LogP contribution in [-0.2, 0) is 16.2 Å². The summed E-state index contributed by atoms with van der Waals surface area (Å²) in [7, 11) is 0. The standard InChI is InChI=1S/C54H51BN2O/c1-52(2,3)35-23-27-38(28-24-35)56-45-20-14-21-46-50(45)55(43-29-25-36(32-47(43)56)53(4,5)6)44-30-26-37(54(7,8)9)33-48(44)57(46)39-16-12-15-34(31-39)40-18-13-19-42-41-17-10-11-22-49(41)58-51(40)42/h10-33H,1-9H3. The Kier molecular flexibility index (Phi) is 7.99. The summed E-state index contributed by atoms with van der Waals surface area (Å²) >= 11 is 0. The predicted molar refractivity (Wildman–Crippen MR) is 249 cm³/mol. The predicted octanol–water partition coefficient (Wildman–Crippen LogP) is 13.2. The molecule has 1 aromatic heterocycles. The SMILES string of the molecule is CC(C)(C)c1ccc(N2c3cc(C(C)(C)C)ccc3B3c4ccc(C(C)(C)C)cc4N(c4cccc(-c5cccc6c5oc5ccccc56)c4)c4cccc2c43)cc1. The molecule has 2 aliphatic heterocycles. The fraction of sp³-hybridized carbons (Fsp3) is 0.222. The highest BCUT2D eigenvalue weighted by molar-refractivity contribution is 7.00. The first-order valence-corrected chi connectivity index (χ1v) is 20.8. The molecule has 0 unspecified atom stereocenters. The van der Waals surface area contributed by atoms with Gasteiger partial charge in [0.2, 0.25) is 0 Å². The molecule has 0 N–H and O–H groups in total. The summed E-state index contributed by atoms with van der Waals surface area (Å²) in [6.45, 7) is 20.8. The molecule has 0 fully saturated rings. The Morgan fingerprint density at radius 2 is 0.966 bits per heavy atom. The summed E-state index contributed by atoms with van der Waals surface area (Å²) < 4.78 is 6.56. The van der Waals surface area contributed by atoms with Crippen molar-refractivity contribution in [3.8, 4) is 11.1 Å². The largest absolute Gasteiger partial charge is 0.455 e. The first-order valence-electron chi connectivity index (χ1n) is 20.8. The smallest absolute Gasteiger partial charge is 0.252 e. The van der Waals surface area contributed by atoms with E-state index in [2.05, 4.69) is 212 Å². The Hall–Kier alpha value is -6.00. The molecular formula is C54H51BN2O. The third-order valence-electron chi connectivity index (χ3n) is 12.5. The minimum Gasteiger partial charge on any atom is -0.455 e. The lowest BCUT2D eigenvalue weighted by Crippen LogP contribution is -2.61. The summed E-state index contributed by atoms with van der Waals surface area (Å²) in [5, 5.41) is 2.28. The van der Waals surface area contributed by atoms with Gasteiger partial charge < -0.3 is 14.2 Å². The third kappa shape index (κ3) is 5.71. The number of hydrogen-bond donors (Lipinski definition) is 0. The van der Waals surface area contributed by atoms with Crippen molar-refractivity contribution in [3.05, 3.63) is 162 Å². The number of nitrogens with zero attached hydrogens (tertiary/aromatic N) is 2. The quantitative estimate of drug-likeness (QED) is 0.168. The lowest BCUT2D eigenvalue weighted by Gasteiger charge is -2.45. The number of fused-ring (bicyclic) bond motifs is 7. The highest BCUT2D eigenvalue weighted by Gasteiger charge is 2.44. The molecule has 10 rings (SSSR count). The van der Waals surface area contributed by atoms with Gasteiger partial charge in [-0.3, -0.25) is 0 Å². The number of furan rings is 1. The molecule has 0 saturated heterocycles. The number of benzene rings is 7. The summed E-state index contributed by atoms with van der Waals surface area (Å²) in [4.78, 5) is 5.05. The van der Waals surface area contributed by atoms with Crippen LogP contribution in [0.3, 0.4) is 0 Å². The molecule has 0 amide bonds. The van der Waals surface area contributed by atoms with Crippen molar-refractivity contribution >= 4 is 79.2 Å². The number of hydrogen-bond acceptors (Lipinski definition) is 3. The van der Waals surface area contributed by atoms with Gasteiger partial charge in [-0.15, -0.1) is 0 Å². The van der Waals surface area contributed by atoms with Crippen molar-refractivity contribution in [1.82, 2.24) is 0 Å². The molecule has 286 valence electrons. The van der Waals surface area contributed by atoms with Gasteiger partial charge in [0.05, 0.1) is 0 Å². The van der Waals surface area contributed by atoms with E-state index in [0.29, 0.717) is 0 Å². The van der Waals surface area contributed by atoms with E-state index in [9.17, 15) is 0 Å². The van der Waals surface area contributed by atoms with Crippen LogP contribution in [0.25, 0.3) is 33.1 Å². The van der Waals surface area contributed by atoms with E-state index in [4.69, 9.17) is 4.42 Å². The topological polar surface area (TPSA) is 19.6 Å². The Bertz CT molecular complexity index is 2920. The van der Waals surface area contributed by atoms with E-state index in [1.165, 1.54) is 61.5 Å². The third-order valence-corrected chi connectivity index (χ3v) is 12.5. The molecule has 0 bridgehead atoms. The van der Waals surface area contributed by atoms with E-state index >= 15 is 0 Å². The maximum Gasteiger partial charge on any atom is 0.252 e. The average Bonchev–Trinajstić information content (AvgIpc) is 3.58. The van der Waals surface area contributed by atoms with Crippen molar-refractivity contribution in [1.29, 1.82) is 0 Å². The van der Waals surface area contributed by atoms with Gasteiger partial charge in [0.15, 0.2) is 0 Å². The fourth-order valence-electron chi connectivity index (χ4n) is 9.31. The minimum atomic E-state index is -0.0241. The van der Waals surface area contributed by atoms with Crippen LogP contribution in [0.4, 0.5) is 34.1 Å². The minimum absolute atomic E-state index is 0.000479. The van der Waals surface area contributed by atoms with E-state index in [1.807, 2.05) is 6.07 Å². The van der Waals surface area contributed by atoms with Crippen LogP contribution in [0.1, 0.15) is 79.0 Å².